The van der Waals surface area contributed by atoms with Crippen LogP contribution < -0.4 is 10.5 Å². The highest BCUT2D eigenvalue weighted by atomic mass is 35.5. The lowest BCUT2D eigenvalue weighted by Crippen LogP contribution is -2.32. The van der Waals surface area contributed by atoms with E-state index in [1.54, 1.807) is 30.1 Å². The van der Waals surface area contributed by atoms with Crippen molar-refractivity contribution in [1.82, 2.24) is 9.47 Å². The Bertz CT molecular complexity index is 949. The predicted molar refractivity (Wildman–Crippen MR) is 99.7 cm³/mol. The Balaban J connectivity index is 1.53. The van der Waals surface area contributed by atoms with Crippen molar-refractivity contribution in [1.29, 1.82) is 0 Å². The van der Waals surface area contributed by atoms with E-state index in [0.29, 0.717) is 29.3 Å². The third-order valence-electron chi connectivity index (χ3n) is 4.04. The molecule has 0 saturated heterocycles. The molecule has 3 aromatic rings. The number of rotatable bonds is 7. The van der Waals surface area contributed by atoms with Gasteiger partial charge in [0.2, 0.25) is 5.91 Å². The van der Waals surface area contributed by atoms with E-state index in [2.05, 4.69) is 0 Å². The Hall–Kier alpha value is -2.73. The summed E-state index contributed by atoms with van der Waals surface area (Å²) in [5.74, 6) is 0.199. The second-order valence-corrected chi connectivity index (χ2v) is 6.29. The van der Waals surface area contributed by atoms with Crippen molar-refractivity contribution < 1.29 is 13.9 Å². The molecule has 1 heterocycles. The molecule has 136 valence electrons. The summed E-state index contributed by atoms with van der Waals surface area (Å²) >= 11 is 5.90. The van der Waals surface area contributed by atoms with Crippen molar-refractivity contribution in [2.24, 2.45) is 0 Å². The van der Waals surface area contributed by atoms with Gasteiger partial charge in [-0.05, 0) is 24.3 Å². The first-order valence-corrected chi connectivity index (χ1v) is 8.63. The van der Waals surface area contributed by atoms with Crippen molar-refractivity contribution in [3.05, 3.63) is 64.1 Å². The quantitative estimate of drug-likeness (QED) is 0.637. The van der Waals surface area contributed by atoms with Gasteiger partial charge in [0, 0.05) is 31.1 Å². The summed E-state index contributed by atoms with van der Waals surface area (Å²) in [5.41, 5.74) is 1.04. The minimum atomic E-state index is -0.495. The van der Waals surface area contributed by atoms with Gasteiger partial charge in [-0.3, -0.25) is 9.36 Å². The fourth-order valence-electron chi connectivity index (χ4n) is 2.59. The van der Waals surface area contributed by atoms with Gasteiger partial charge in [0.25, 0.3) is 0 Å². The molecule has 0 saturated carbocycles. The number of oxazole rings is 1. The number of amides is 1. The maximum Gasteiger partial charge on any atom is 0.419 e. The Kier molecular flexibility index (Phi) is 5.63. The largest absolute Gasteiger partial charge is 0.492 e. The van der Waals surface area contributed by atoms with Gasteiger partial charge in [0.15, 0.2) is 5.58 Å². The molecule has 1 amide bonds. The Morgan fingerprint density at radius 2 is 2.00 bits per heavy atom. The summed E-state index contributed by atoms with van der Waals surface area (Å²) in [5, 5.41) is 0.493. The number of hydrogen-bond donors (Lipinski definition) is 0. The van der Waals surface area contributed by atoms with E-state index >= 15 is 0 Å². The number of aryl methyl sites for hydroxylation is 1. The third-order valence-corrected chi connectivity index (χ3v) is 4.28. The van der Waals surface area contributed by atoms with Crippen LogP contribution in [-0.4, -0.2) is 35.6 Å². The molecule has 0 bridgehead atoms. The summed E-state index contributed by atoms with van der Waals surface area (Å²) in [7, 11) is 1.71. The van der Waals surface area contributed by atoms with Gasteiger partial charge in [-0.25, -0.2) is 4.79 Å². The minimum absolute atomic E-state index is 0.0723. The molecule has 0 radical (unpaired) electrons. The van der Waals surface area contributed by atoms with E-state index < -0.39 is 5.76 Å². The lowest BCUT2D eigenvalue weighted by atomic mass is 10.3. The Labute approximate surface area is 155 Å². The zero-order valence-corrected chi connectivity index (χ0v) is 15.1. The molecule has 0 aliphatic rings. The summed E-state index contributed by atoms with van der Waals surface area (Å²) < 4.78 is 12.2. The SMILES string of the molecule is CN(CCOc1ccccc1)C(=O)CCn1c(=O)oc2cc(Cl)ccc21. The van der Waals surface area contributed by atoms with Gasteiger partial charge >= 0.3 is 5.76 Å². The molecular weight excluding hydrogens is 356 g/mol. The molecule has 0 spiro atoms. The van der Waals surface area contributed by atoms with Crippen molar-refractivity contribution in [2.75, 3.05) is 20.2 Å². The van der Waals surface area contributed by atoms with Crippen molar-refractivity contribution in [2.45, 2.75) is 13.0 Å². The van der Waals surface area contributed by atoms with E-state index in [9.17, 15) is 9.59 Å². The maximum atomic E-state index is 12.3. The fraction of sp³-hybridized carbons (Fsp3) is 0.263. The lowest BCUT2D eigenvalue weighted by Gasteiger charge is -2.17. The van der Waals surface area contributed by atoms with Crippen LogP contribution in [0.15, 0.2) is 57.7 Å². The predicted octanol–water partition coefficient (Wildman–Crippen LogP) is 3.18. The number of halogens is 1. The van der Waals surface area contributed by atoms with Crippen molar-refractivity contribution in [3.63, 3.8) is 0 Å². The first-order chi connectivity index (χ1) is 12.5. The molecule has 7 heteroatoms. The zero-order chi connectivity index (χ0) is 18.5. The second kappa shape index (κ2) is 8.10. The average Bonchev–Trinajstić information content (AvgIpc) is 2.94. The molecule has 1 aromatic heterocycles. The molecule has 0 unspecified atom stereocenters. The first-order valence-electron chi connectivity index (χ1n) is 8.25. The van der Waals surface area contributed by atoms with Crippen LogP contribution in [0.2, 0.25) is 5.02 Å². The minimum Gasteiger partial charge on any atom is -0.492 e. The molecule has 3 rings (SSSR count). The van der Waals surface area contributed by atoms with Gasteiger partial charge in [-0.2, -0.15) is 0 Å². The van der Waals surface area contributed by atoms with Crippen LogP contribution in [-0.2, 0) is 11.3 Å². The number of benzene rings is 2. The van der Waals surface area contributed by atoms with E-state index in [4.69, 9.17) is 20.8 Å². The van der Waals surface area contributed by atoms with Crippen LogP contribution in [0.3, 0.4) is 0 Å². The van der Waals surface area contributed by atoms with E-state index in [0.717, 1.165) is 5.75 Å². The van der Waals surface area contributed by atoms with Gasteiger partial charge < -0.3 is 14.1 Å². The lowest BCUT2D eigenvalue weighted by molar-refractivity contribution is -0.130. The number of para-hydroxylation sites is 1. The smallest absolute Gasteiger partial charge is 0.419 e. The number of carbonyl (C=O) groups excluding carboxylic acids is 1. The second-order valence-electron chi connectivity index (χ2n) is 5.86. The number of nitrogens with zero attached hydrogens (tertiary/aromatic N) is 2. The van der Waals surface area contributed by atoms with E-state index in [1.807, 2.05) is 30.3 Å². The fourth-order valence-corrected chi connectivity index (χ4v) is 2.75. The van der Waals surface area contributed by atoms with Crippen LogP contribution in [0.1, 0.15) is 6.42 Å². The Morgan fingerprint density at radius 3 is 2.77 bits per heavy atom. The van der Waals surface area contributed by atoms with E-state index in [-0.39, 0.29) is 18.9 Å². The highest BCUT2D eigenvalue weighted by Gasteiger charge is 2.13. The molecule has 0 aliphatic carbocycles. The number of likely N-dealkylation sites (N-methyl/N-ethyl adjacent to an activating group) is 1. The number of ether oxygens (including phenoxy) is 1. The number of carbonyl (C=O) groups is 1. The topological polar surface area (TPSA) is 64.7 Å². The van der Waals surface area contributed by atoms with Crippen molar-refractivity contribution in [3.8, 4) is 5.75 Å². The maximum absolute atomic E-state index is 12.3. The molecule has 0 aliphatic heterocycles. The van der Waals surface area contributed by atoms with Crippen LogP contribution in [0.5, 0.6) is 5.75 Å². The number of hydrogen-bond acceptors (Lipinski definition) is 4. The molecule has 0 N–H and O–H groups in total. The summed E-state index contributed by atoms with van der Waals surface area (Å²) in [6.07, 6.45) is 0.193. The molecule has 26 heavy (non-hydrogen) atoms. The highest BCUT2D eigenvalue weighted by molar-refractivity contribution is 6.31. The Morgan fingerprint density at radius 1 is 1.23 bits per heavy atom. The van der Waals surface area contributed by atoms with Gasteiger partial charge in [0.1, 0.15) is 12.4 Å². The molecule has 0 atom stereocenters. The number of fused-ring (bicyclic) bond motifs is 1. The van der Waals surface area contributed by atoms with E-state index in [1.165, 1.54) is 4.57 Å². The zero-order valence-electron chi connectivity index (χ0n) is 14.4. The summed E-state index contributed by atoms with van der Waals surface area (Å²) in [6.45, 7) is 1.11. The van der Waals surface area contributed by atoms with Gasteiger partial charge in [0.05, 0.1) is 12.1 Å². The number of aromatic nitrogens is 1. The first kappa shape index (κ1) is 18.1. The van der Waals surface area contributed by atoms with Crippen LogP contribution in [0.25, 0.3) is 11.1 Å². The van der Waals surface area contributed by atoms with Gasteiger partial charge in [-0.15, -0.1) is 0 Å². The summed E-state index contributed by atoms with van der Waals surface area (Å²) in [4.78, 5) is 25.8. The third kappa shape index (κ3) is 4.26. The van der Waals surface area contributed by atoms with Crippen LogP contribution in [0, 0.1) is 0 Å². The monoisotopic (exact) mass is 374 g/mol. The normalized spacial score (nSPS) is 10.8. The molecule has 0 fully saturated rings. The summed E-state index contributed by atoms with van der Waals surface area (Å²) in [6, 6.07) is 14.4. The van der Waals surface area contributed by atoms with Crippen LogP contribution >= 0.6 is 11.6 Å². The average molecular weight is 375 g/mol. The van der Waals surface area contributed by atoms with Crippen molar-refractivity contribution >= 4 is 28.6 Å². The standard InChI is InChI=1S/C19H19ClN2O4/c1-21(11-12-25-15-5-3-2-4-6-15)18(23)9-10-22-16-8-7-14(20)13-17(16)26-19(22)24/h2-8,13H,9-12H2,1H3. The van der Waals surface area contributed by atoms with Gasteiger partial charge in [-0.1, -0.05) is 29.8 Å². The molecule has 2 aromatic carbocycles. The van der Waals surface area contributed by atoms with Crippen LogP contribution in [0.4, 0.5) is 0 Å². The molecular formula is C19H19ClN2O4. The molecule has 6 nitrogen and oxygen atoms in total. The highest BCUT2D eigenvalue weighted by Crippen LogP contribution is 2.18.